The first-order valence-corrected chi connectivity index (χ1v) is 10.0. The van der Waals surface area contributed by atoms with Crippen LogP contribution in [0, 0.1) is 0 Å². The number of carbonyl (C=O) groups excluding carboxylic acids is 1. The Bertz CT molecular complexity index is 994. The van der Waals surface area contributed by atoms with Crippen LogP contribution < -0.4 is 4.90 Å². The number of benzene rings is 2. The lowest BCUT2D eigenvalue weighted by molar-refractivity contribution is -0.128. The van der Waals surface area contributed by atoms with Crippen molar-refractivity contribution in [2.45, 2.75) is 32.2 Å². The van der Waals surface area contributed by atoms with Gasteiger partial charge >= 0.3 is 0 Å². The van der Waals surface area contributed by atoms with E-state index in [4.69, 9.17) is 4.52 Å². The van der Waals surface area contributed by atoms with Gasteiger partial charge in [0.1, 0.15) is 0 Å². The molecule has 1 unspecified atom stereocenters. The van der Waals surface area contributed by atoms with Crippen LogP contribution in [0.3, 0.4) is 0 Å². The third-order valence-corrected chi connectivity index (χ3v) is 5.44. The lowest BCUT2D eigenvalue weighted by Crippen LogP contribution is -2.24. The summed E-state index contributed by atoms with van der Waals surface area (Å²) in [6, 6.07) is 16.4. The minimum atomic E-state index is -0.0352. The van der Waals surface area contributed by atoms with Gasteiger partial charge in [-0.25, -0.2) is 0 Å². The molecule has 1 aliphatic heterocycles. The molecule has 6 nitrogen and oxygen atoms in total. The second kappa shape index (κ2) is 8.07. The molecule has 0 saturated carbocycles. The van der Waals surface area contributed by atoms with Crippen LogP contribution in [0.5, 0.6) is 0 Å². The molecule has 0 aliphatic carbocycles. The number of hydrogen-bond acceptors (Lipinski definition) is 5. The van der Waals surface area contributed by atoms with Gasteiger partial charge in [-0.3, -0.25) is 4.79 Å². The van der Waals surface area contributed by atoms with Crippen molar-refractivity contribution in [2.24, 2.45) is 0 Å². The summed E-state index contributed by atoms with van der Waals surface area (Å²) in [7, 11) is 3.99. The van der Waals surface area contributed by atoms with Gasteiger partial charge in [-0.05, 0) is 35.7 Å². The second-order valence-electron chi connectivity index (χ2n) is 7.75. The van der Waals surface area contributed by atoms with Gasteiger partial charge in [-0.1, -0.05) is 42.4 Å². The predicted octanol–water partition coefficient (Wildman–Crippen LogP) is 3.88. The highest BCUT2D eigenvalue weighted by atomic mass is 16.5. The van der Waals surface area contributed by atoms with Gasteiger partial charge in [-0.2, -0.15) is 4.98 Å². The molecule has 1 aliphatic rings. The van der Waals surface area contributed by atoms with E-state index in [0.717, 1.165) is 23.2 Å². The fourth-order valence-electron chi connectivity index (χ4n) is 3.63. The molecule has 1 aromatic heterocycles. The number of aromatic nitrogens is 2. The van der Waals surface area contributed by atoms with E-state index in [1.165, 1.54) is 5.56 Å². The molecule has 29 heavy (non-hydrogen) atoms. The van der Waals surface area contributed by atoms with Crippen LogP contribution in [0.25, 0.3) is 11.5 Å². The summed E-state index contributed by atoms with van der Waals surface area (Å²) in [5, 5.41) is 4.17. The molecular formula is C23H26N4O2. The van der Waals surface area contributed by atoms with Crippen molar-refractivity contribution in [2.75, 3.05) is 25.5 Å². The van der Waals surface area contributed by atoms with E-state index in [9.17, 15) is 4.79 Å². The van der Waals surface area contributed by atoms with Gasteiger partial charge in [0.25, 0.3) is 5.89 Å². The third kappa shape index (κ3) is 4.16. The molecule has 2 heterocycles. The highest BCUT2D eigenvalue weighted by Crippen LogP contribution is 2.30. The standard InChI is InChI=1S/C23H26N4O2/c1-4-16-8-10-17(11-9-16)14-27-15-19(13-21(27)28)22-24-23(29-25-22)18-6-5-7-20(12-18)26(2)3/h5-12,19H,4,13-15H2,1-3H3. The predicted molar refractivity (Wildman–Crippen MR) is 113 cm³/mol. The lowest BCUT2D eigenvalue weighted by atomic mass is 10.1. The van der Waals surface area contributed by atoms with E-state index in [1.54, 1.807) is 0 Å². The molecule has 1 amide bonds. The molecule has 0 N–H and O–H groups in total. The Balaban J connectivity index is 1.46. The topological polar surface area (TPSA) is 62.5 Å². The fourth-order valence-corrected chi connectivity index (χ4v) is 3.63. The van der Waals surface area contributed by atoms with Crippen LogP contribution in [0.4, 0.5) is 5.69 Å². The number of likely N-dealkylation sites (tertiary alicyclic amines) is 1. The van der Waals surface area contributed by atoms with E-state index >= 15 is 0 Å². The minimum Gasteiger partial charge on any atom is -0.378 e. The number of nitrogens with zero attached hydrogens (tertiary/aromatic N) is 4. The quantitative estimate of drug-likeness (QED) is 0.639. The molecule has 1 fully saturated rings. The molecule has 150 valence electrons. The number of rotatable bonds is 6. The maximum Gasteiger partial charge on any atom is 0.258 e. The van der Waals surface area contributed by atoms with Crippen LogP contribution in [0.15, 0.2) is 53.1 Å². The third-order valence-electron chi connectivity index (χ3n) is 5.44. The zero-order valence-corrected chi connectivity index (χ0v) is 17.1. The molecule has 2 aromatic carbocycles. The summed E-state index contributed by atoms with van der Waals surface area (Å²) in [4.78, 5) is 21.0. The molecule has 0 spiro atoms. The van der Waals surface area contributed by atoms with Crippen LogP contribution in [0.1, 0.15) is 36.2 Å². The highest BCUT2D eigenvalue weighted by molar-refractivity contribution is 5.79. The Morgan fingerprint density at radius 2 is 1.90 bits per heavy atom. The van der Waals surface area contributed by atoms with E-state index in [0.29, 0.717) is 31.2 Å². The molecule has 3 aromatic rings. The summed E-state index contributed by atoms with van der Waals surface area (Å²) < 4.78 is 5.50. The molecule has 0 bridgehead atoms. The highest BCUT2D eigenvalue weighted by Gasteiger charge is 2.33. The Morgan fingerprint density at radius 1 is 1.14 bits per heavy atom. The van der Waals surface area contributed by atoms with Gasteiger partial charge < -0.3 is 14.3 Å². The minimum absolute atomic E-state index is 0.0352. The van der Waals surface area contributed by atoms with Crippen molar-refractivity contribution in [1.82, 2.24) is 15.0 Å². The molecule has 1 atom stereocenters. The number of anilines is 1. The maximum absolute atomic E-state index is 12.5. The van der Waals surface area contributed by atoms with E-state index in [-0.39, 0.29) is 11.8 Å². The molecule has 6 heteroatoms. The maximum atomic E-state index is 12.5. The Morgan fingerprint density at radius 3 is 2.62 bits per heavy atom. The molecular weight excluding hydrogens is 364 g/mol. The second-order valence-corrected chi connectivity index (χ2v) is 7.75. The van der Waals surface area contributed by atoms with Crippen molar-refractivity contribution < 1.29 is 9.32 Å². The average molecular weight is 390 g/mol. The number of hydrogen-bond donors (Lipinski definition) is 0. The SMILES string of the molecule is CCc1ccc(CN2CC(c3noc(-c4cccc(N(C)C)c4)n3)CC2=O)cc1. The number of carbonyl (C=O) groups is 1. The van der Waals surface area contributed by atoms with Crippen LogP contribution in [0.2, 0.25) is 0 Å². The van der Waals surface area contributed by atoms with Gasteiger partial charge in [0, 0.05) is 50.8 Å². The first-order valence-electron chi connectivity index (χ1n) is 10.0. The lowest BCUT2D eigenvalue weighted by Gasteiger charge is -2.16. The zero-order valence-electron chi connectivity index (χ0n) is 17.1. The first-order chi connectivity index (χ1) is 14.0. The Hall–Kier alpha value is -3.15. The van der Waals surface area contributed by atoms with Crippen LogP contribution in [-0.2, 0) is 17.8 Å². The molecule has 4 rings (SSSR count). The average Bonchev–Trinajstić information content (AvgIpc) is 3.36. The van der Waals surface area contributed by atoms with E-state index in [1.807, 2.05) is 48.2 Å². The summed E-state index contributed by atoms with van der Waals surface area (Å²) in [5.74, 6) is 1.19. The summed E-state index contributed by atoms with van der Waals surface area (Å²) in [6.45, 7) is 3.37. The van der Waals surface area contributed by atoms with Gasteiger partial charge in [0.05, 0.1) is 0 Å². The van der Waals surface area contributed by atoms with Crippen molar-refractivity contribution >= 4 is 11.6 Å². The Labute approximate surface area is 171 Å². The first kappa shape index (κ1) is 19.2. The van der Waals surface area contributed by atoms with Crippen LogP contribution in [-0.4, -0.2) is 41.6 Å². The Kier molecular flexibility index (Phi) is 5.34. The van der Waals surface area contributed by atoms with E-state index in [2.05, 4.69) is 41.3 Å². The monoisotopic (exact) mass is 390 g/mol. The van der Waals surface area contributed by atoms with Crippen molar-refractivity contribution in [1.29, 1.82) is 0 Å². The van der Waals surface area contributed by atoms with Gasteiger partial charge in [0.2, 0.25) is 5.91 Å². The summed E-state index contributed by atoms with van der Waals surface area (Å²) >= 11 is 0. The summed E-state index contributed by atoms with van der Waals surface area (Å²) in [6.07, 6.45) is 1.44. The molecule has 1 saturated heterocycles. The number of aryl methyl sites for hydroxylation is 1. The molecule has 0 radical (unpaired) electrons. The summed E-state index contributed by atoms with van der Waals surface area (Å²) in [5.41, 5.74) is 4.40. The normalized spacial score (nSPS) is 16.4. The zero-order chi connectivity index (χ0) is 20.4. The van der Waals surface area contributed by atoms with Crippen LogP contribution >= 0.6 is 0 Å². The van der Waals surface area contributed by atoms with Gasteiger partial charge in [-0.15, -0.1) is 0 Å². The van der Waals surface area contributed by atoms with Crippen molar-refractivity contribution in [3.63, 3.8) is 0 Å². The number of amides is 1. The van der Waals surface area contributed by atoms with Gasteiger partial charge in [0.15, 0.2) is 5.82 Å². The van der Waals surface area contributed by atoms with Crippen molar-refractivity contribution in [3.8, 4) is 11.5 Å². The van der Waals surface area contributed by atoms with Crippen molar-refractivity contribution in [3.05, 3.63) is 65.5 Å². The van der Waals surface area contributed by atoms with E-state index < -0.39 is 0 Å². The fraction of sp³-hybridized carbons (Fsp3) is 0.348. The largest absolute Gasteiger partial charge is 0.378 e. The smallest absolute Gasteiger partial charge is 0.258 e.